The van der Waals surface area contributed by atoms with Crippen molar-refractivity contribution in [3.63, 3.8) is 0 Å². The number of methoxy groups -OCH3 is 1. The van der Waals surface area contributed by atoms with E-state index >= 15 is 0 Å². The molecule has 1 aromatic carbocycles. The van der Waals surface area contributed by atoms with Crippen molar-refractivity contribution in [2.45, 2.75) is 26.4 Å². The van der Waals surface area contributed by atoms with Crippen molar-refractivity contribution >= 4 is 28.6 Å². The molecule has 1 aromatic heterocycles. The molecule has 7 nitrogen and oxygen atoms in total. The van der Waals surface area contributed by atoms with Gasteiger partial charge in [-0.15, -0.1) is 11.3 Å². The maximum Gasteiger partial charge on any atom is 0.271 e. The first-order chi connectivity index (χ1) is 12.0. The lowest BCUT2D eigenvalue weighted by Gasteiger charge is -2.26. The molecule has 8 heteroatoms. The van der Waals surface area contributed by atoms with E-state index < -0.39 is 11.0 Å². The topological polar surface area (TPSA) is 84.7 Å². The van der Waals surface area contributed by atoms with E-state index in [0.29, 0.717) is 24.5 Å². The Morgan fingerprint density at radius 2 is 2.20 bits per heavy atom. The summed E-state index contributed by atoms with van der Waals surface area (Å²) in [5.41, 5.74) is 0.190. The van der Waals surface area contributed by atoms with Gasteiger partial charge in [-0.1, -0.05) is 13.0 Å². The second kappa shape index (κ2) is 8.59. The van der Waals surface area contributed by atoms with E-state index in [0.717, 1.165) is 0 Å². The van der Waals surface area contributed by atoms with Gasteiger partial charge in [-0.25, -0.2) is 0 Å². The number of carbonyl (C=O) groups is 1. The largest absolute Gasteiger partial charge is 0.495 e. The minimum atomic E-state index is -0.506. The van der Waals surface area contributed by atoms with E-state index in [1.165, 1.54) is 30.2 Å². The summed E-state index contributed by atoms with van der Waals surface area (Å²) < 4.78 is 5.18. The van der Waals surface area contributed by atoms with Crippen LogP contribution in [0, 0.1) is 10.1 Å². The molecule has 134 valence electrons. The zero-order valence-electron chi connectivity index (χ0n) is 14.4. The maximum absolute atomic E-state index is 12.6. The fourth-order valence-electron chi connectivity index (χ4n) is 2.44. The Morgan fingerprint density at radius 3 is 2.76 bits per heavy atom. The number of anilines is 1. The van der Waals surface area contributed by atoms with Gasteiger partial charge in [0.05, 0.1) is 23.8 Å². The van der Waals surface area contributed by atoms with Crippen LogP contribution in [0.2, 0.25) is 0 Å². The second-order valence-electron chi connectivity index (χ2n) is 5.45. The smallest absolute Gasteiger partial charge is 0.271 e. The number of hydrogen-bond acceptors (Lipinski definition) is 6. The predicted octanol–water partition coefficient (Wildman–Crippen LogP) is 3.51. The van der Waals surface area contributed by atoms with Gasteiger partial charge in [0.2, 0.25) is 5.91 Å². The van der Waals surface area contributed by atoms with E-state index in [1.807, 2.05) is 36.3 Å². The van der Waals surface area contributed by atoms with Crippen LogP contribution in [0.25, 0.3) is 0 Å². The van der Waals surface area contributed by atoms with Crippen LogP contribution in [0.1, 0.15) is 18.7 Å². The molecule has 1 atom stereocenters. The van der Waals surface area contributed by atoms with Crippen molar-refractivity contribution in [3.05, 3.63) is 50.7 Å². The van der Waals surface area contributed by atoms with Crippen LogP contribution >= 0.6 is 11.3 Å². The molecule has 1 amide bonds. The Kier molecular flexibility index (Phi) is 6.49. The zero-order valence-corrected chi connectivity index (χ0v) is 15.2. The molecule has 0 fully saturated rings. The van der Waals surface area contributed by atoms with Crippen molar-refractivity contribution in [2.24, 2.45) is 0 Å². The highest BCUT2D eigenvalue weighted by atomic mass is 32.1. The average molecular weight is 363 g/mol. The van der Waals surface area contributed by atoms with Crippen molar-refractivity contribution in [2.75, 3.05) is 19.0 Å². The molecule has 0 saturated heterocycles. The van der Waals surface area contributed by atoms with Crippen molar-refractivity contribution in [1.82, 2.24) is 4.90 Å². The molecule has 1 N–H and O–H groups in total. The summed E-state index contributed by atoms with van der Waals surface area (Å²) in [7, 11) is 1.45. The van der Waals surface area contributed by atoms with Gasteiger partial charge in [0, 0.05) is 23.6 Å². The fraction of sp³-hybridized carbons (Fsp3) is 0.353. The summed E-state index contributed by atoms with van der Waals surface area (Å²) in [4.78, 5) is 26.3. The van der Waals surface area contributed by atoms with Gasteiger partial charge in [0.15, 0.2) is 0 Å². The molecular weight excluding hydrogens is 342 g/mol. The molecule has 0 aliphatic rings. The van der Waals surface area contributed by atoms with Crippen LogP contribution in [-0.4, -0.2) is 35.4 Å². The highest BCUT2D eigenvalue weighted by Gasteiger charge is 2.22. The number of nitro benzene ring substituents is 1. The van der Waals surface area contributed by atoms with Gasteiger partial charge in [0.25, 0.3) is 5.69 Å². The predicted molar refractivity (Wildman–Crippen MR) is 98.1 cm³/mol. The maximum atomic E-state index is 12.6. The molecular formula is C17H21N3O4S. The number of amides is 1. The molecule has 2 rings (SSSR count). The standard InChI is InChI=1S/C17H21N3O4S/c1-4-19(11-14-6-5-9-25-14)12(2)17(21)18-15-10-13(20(22)23)7-8-16(15)24-3/h5-10,12H,4,11H2,1-3H3,(H,18,21)/t12-/m0/s1. The molecule has 0 aliphatic carbocycles. The van der Waals surface area contributed by atoms with Crippen LogP contribution in [0.15, 0.2) is 35.7 Å². The number of ether oxygens (including phenoxy) is 1. The Morgan fingerprint density at radius 1 is 1.44 bits per heavy atom. The number of non-ortho nitro benzene ring substituents is 1. The highest BCUT2D eigenvalue weighted by molar-refractivity contribution is 7.09. The lowest BCUT2D eigenvalue weighted by atomic mass is 10.2. The second-order valence-corrected chi connectivity index (χ2v) is 6.48. The van der Waals surface area contributed by atoms with Crippen molar-refractivity contribution < 1.29 is 14.5 Å². The van der Waals surface area contributed by atoms with Gasteiger partial charge in [-0.2, -0.15) is 0 Å². The summed E-state index contributed by atoms with van der Waals surface area (Å²) in [6, 6.07) is 7.73. The van der Waals surface area contributed by atoms with E-state index in [9.17, 15) is 14.9 Å². The van der Waals surface area contributed by atoms with E-state index in [4.69, 9.17) is 4.74 Å². The lowest BCUT2D eigenvalue weighted by molar-refractivity contribution is -0.384. The minimum absolute atomic E-state index is 0.102. The first kappa shape index (κ1) is 18.9. The summed E-state index contributed by atoms with van der Waals surface area (Å²) in [5.74, 6) is 0.143. The van der Waals surface area contributed by atoms with Crippen LogP contribution in [0.5, 0.6) is 5.75 Å². The number of carbonyl (C=O) groups excluding carboxylic acids is 1. The number of hydrogen-bond donors (Lipinski definition) is 1. The van der Waals surface area contributed by atoms with Crippen molar-refractivity contribution in [1.29, 1.82) is 0 Å². The normalized spacial score (nSPS) is 12.0. The van der Waals surface area contributed by atoms with E-state index in [-0.39, 0.29) is 11.6 Å². The summed E-state index contributed by atoms with van der Waals surface area (Å²) in [6.45, 7) is 5.19. The number of likely N-dealkylation sites (N-methyl/N-ethyl adjacent to an activating group) is 1. The van der Waals surface area contributed by atoms with Gasteiger partial charge < -0.3 is 10.1 Å². The third-order valence-electron chi connectivity index (χ3n) is 3.92. The fourth-order valence-corrected chi connectivity index (χ4v) is 3.16. The Bertz CT molecular complexity index is 733. The molecule has 0 unspecified atom stereocenters. The quantitative estimate of drug-likeness (QED) is 0.573. The number of nitrogens with one attached hydrogen (secondary N) is 1. The molecule has 25 heavy (non-hydrogen) atoms. The highest BCUT2D eigenvalue weighted by Crippen LogP contribution is 2.29. The van der Waals surface area contributed by atoms with Crippen molar-refractivity contribution in [3.8, 4) is 5.75 Å². The molecule has 1 heterocycles. The summed E-state index contributed by atoms with van der Waals surface area (Å²) in [6.07, 6.45) is 0. The molecule has 0 aliphatic heterocycles. The van der Waals surface area contributed by atoms with Gasteiger partial charge >= 0.3 is 0 Å². The summed E-state index contributed by atoms with van der Waals surface area (Å²) >= 11 is 1.64. The van der Waals surface area contributed by atoms with E-state index in [2.05, 4.69) is 5.32 Å². The molecule has 0 radical (unpaired) electrons. The zero-order chi connectivity index (χ0) is 18.4. The van der Waals surface area contributed by atoms with E-state index in [1.54, 1.807) is 11.3 Å². The van der Waals surface area contributed by atoms with Gasteiger partial charge in [-0.05, 0) is 31.0 Å². The summed E-state index contributed by atoms with van der Waals surface area (Å²) in [5, 5.41) is 15.7. The minimum Gasteiger partial charge on any atom is -0.495 e. The Balaban J connectivity index is 2.14. The van der Waals surface area contributed by atoms with Crippen LogP contribution in [0.4, 0.5) is 11.4 Å². The number of rotatable bonds is 8. The monoisotopic (exact) mass is 363 g/mol. The third kappa shape index (κ3) is 4.77. The first-order valence-corrected chi connectivity index (χ1v) is 8.74. The van der Waals surface area contributed by atoms with Crippen LogP contribution in [0.3, 0.4) is 0 Å². The number of thiophene rings is 1. The van der Waals surface area contributed by atoms with Crippen LogP contribution in [-0.2, 0) is 11.3 Å². The van der Waals surface area contributed by atoms with Gasteiger partial charge in [-0.3, -0.25) is 19.8 Å². The lowest BCUT2D eigenvalue weighted by Crippen LogP contribution is -2.41. The number of benzene rings is 1. The Labute approximate surface area is 150 Å². The first-order valence-electron chi connectivity index (χ1n) is 7.86. The molecule has 0 saturated carbocycles. The third-order valence-corrected chi connectivity index (χ3v) is 4.79. The number of nitro groups is 1. The molecule has 0 spiro atoms. The average Bonchev–Trinajstić information content (AvgIpc) is 3.12. The SMILES string of the molecule is CCN(Cc1cccs1)[C@@H](C)C(=O)Nc1cc([N+](=O)[O-])ccc1OC. The number of nitrogens with zero attached hydrogens (tertiary/aromatic N) is 2. The molecule has 0 bridgehead atoms. The van der Waals surface area contributed by atoms with Crippen LogP contribution < -0.4 is 10.1 Å². The molecule has 2 aromatic rings. The van der Waals surface area contributed by atoms with Gasteiger partial charge in [0.1, 0.15) is 5.75 Å². The Hall–Kier alpha value is -2.45.